The molecule has 4 rings (SSSR count). The van der Waals surface area contributed by atoms with Crippen molar-refractivity contribution in [3.8, 4) is 23.3 Å². The molecule has 3 aromatic carbocycles. The van der Waals surface area contributed by atoms with Crippen LogP contribution < -0.4 is 30.3 Å². The molecule has 0 unspecified atom stereocenters. The van der Waals surface area contributed by atoms with Gasteiger partial charge in [-0.15, -0.1) is 0 Å². The summed E-state index contributed by atoms with van der Waals surface area (Å²) in [7, 11) is 1.27. The zero-order valence-electron chi connectivity index (χ0n) is 24.8. The van der Waals surface area contributed by atoms with Gasteiger partial charge in [0.15, 0.2) is 17.7 Å². The van der Waals surface area contributed by atoms with Gasteiger partial charge in [-0.2, -0.15) is 10.4 Å². The second-order valence-electron chi connectivity index (χ2n) is 9.65. The van der Waals surface area contributed by atoms with E-state index >= 15 is 0 Å². The zero-order valence-corrected chi connectivity index (χ0v) is 26.4. The largest absolute Gasteiger partial charge is 0.490 e. The molecule has 0 spiro atoms. The van der Waals surface area contributed by atoms with Gasteiger partial charge in [0.05, 0.1) is 43.2 Å². The molecule has 2 amide bonds. The normalized spacial score (nSPS) is 15.0. The molecule has 0 radical (unpaired) electrons. The summed E-state index contributed by atoms with van der Waals surface area (Å²) in [5.74, 6) is 0.651. The first kappa shape index (κ1) is 32.8. The highest BCUT2D eigenvalue weighted by Crippen LogP contribution is 2.35. The van der Waals surface area contributed by atoms with E-state index in [1.807, 2.05) is 24.3 Å². The highest BCUT2D eigenvalue weighted by atomic mass is 79.9. The van der Waals surface area contributed by atoms with Crippen molar-refractivity contribution in [2.24, 2.45) is 5.10 Å². The predicted octanol–water partition coefficient (Wildman–Crippen LogP) is 4.42. The zero-order chi connectivity index (χ0) is 32.3. The molecule has 2 atom stereocenters. The van der Waals surface area contributed by atoms with Crippen molar-refractivity contribution in [3.63, 3.8) is 0 Å². The summed E-state index contributed by atoms with van der Waals surface area (Å²) in [6, 6.07) is 18.5. The number of aliphatic hydroxyl groups is 1. The quantitative estimate of drug-likeness (QED) is 0.0887. The van der Waals surface area contributed by atoms with Crippen molar-refractivity contribution in [2.75, 3.05) is 20.3 Å². The third-order valence-corrected chi connectivity index (χ3v) is 7.09. The maximum absolute atomic E-state index is 12.5. The molecule has 1 aliphatic rings. The summed E-state index contributed by atoms with van der Waals surface area (Å²) < 4.78 is 23.3. The highest BCUT2D eigenvalue weighted by Gasteiger charge is 2.32. The summed E-state index contributed by atoms with van der Waals surface area (Å²) in [6.07, 6.45) is 0.316. The molecule has 0 saturated carbocycles. The fourth-order valence-electron chi connectivity index (χ4n) is 4.48. The fraction of sp³-hybridized carbons (Fsp3) is 0.250. The molecule has 3 aromatic rings. The number of carbonyl (C=O) groups excluding carboxylic acids is 2. The summed E-state index contributed by atoms with van der Waals surface area (Å²) >= 11 is 3.45. The van der Waals surface area contributed by atoms with E-state index in [2.05, 4.69) is 43.2 Å². The number of hydrogen-bond acceptors (Lipinski definition) is 10. The van der Waals surface area contributed by atoms with E-state index in [4.69, 9.17) is 18.9 Å². The van der Waals surface area contributed by atoms with Crippen molar-refractivity contribution in [1.29, 1.82) is 5.26 Å². The van der Waals surface area contributed by atoms with Crippen LogP contribution in [0, 0.1) is 11.3 Å². The molecule has 0 bridgehead atoms. The number of carbonyl (C=O) groups is 2. The second-order valence-corrected chi connectivity index (χ2v) is 10.6. The van der Waals surface area contributed by atoms with E-state index in [-0.39, 0.29) is 18.8 Å². The second kappa shape index (κ2) is 15.6. The minimum Gasteiger partial charge on any atom is -0.490 e. The van der Waals surface area contributed by atoms with Gasteiger partial charge < -0.3 is 34.7 Å². The van der Waals surface area contributed by atoms with Gasteiger partial charge in [0.2, 0.25) is 0 Å². The number of hydrazone groups is 1. The molecule has 45 heavy (non-hydrogen) atoms. The lowest BCUT2D eigenvalue weighted by atomic mass is 9.95. The van der Waals surface area contributed by atoms with Crippen molar-refractivity contribution in [3.05, 3.63) is 98.7 Å². The molecule has 12 nitrogen and oxygen atoms in total. The van der Waals surface area contributed by atoms with Crippen LogP contribution in [0.1, 0.15) is 42.1 Å². The minimum absolute atomic E-state index is 0.181. The smallest absolute Gasteiger partial charge is 0.337 e. The molecule has 1 aliphatic heterocycles. The van der Waals surface area contributed by atoms with Crippen LogP contribution in [0.15, 0.2) is 81.5 Å². The molecule has 0 aliphatic carbocycles. The van der Waals surface area contributed by atoms with E-state index in [0.29, 0.717) is 46.2 Å². The van der Waals surface area contributed by atoms with E-state index in [9.17, 15) is 20.0 Å². The number of halogens is 1. The molecular formula is C32H32BrN5O7. The third kappa shape index (κ3) is 8.53. The first-order chi connectivity index (χ1) is 21.7. The first-order valence-electron chi connectivity index (χ1n) is 13.9. The van der Waals surface area contributed by atoms with Crippen molar-refractivity contribution in [2.45, 2.75) is 32.7 Å². The van der Waals surface area contributed by atoms with Gasteiger partial charge in [-0.3, -0.25) is 5.43 Å². The van der Waals surface area contributed by atoms with Crippen LogP contribution in [-0.2, 0) is 16.1 Å². The van der Waals surface area contributed by atoms with E-state index in [1.54, 1.807) is 50.2 Å². The number of benzene rings is 3. The highest BCUT2D eigenvalue weighted by molar-refractivity contribution is 9.10. The van der Waals surface area contributed by atoms with E-state index in [1.165, 1.54) is 13.3 Å². The van der Waals surface area contributed by atoms with Crippen LogP contribution in [0.25, 0.3) is 0 Å². The van der Waals surface area contributed by atoms with Gasteiger partial charge in [0.1, 0.15) is 19.0 Å². The number of methoxy groups -OCH3 is 1. The molecule has 13 heteroatoms. The molecule has 0 fully saturated rings. The number of nitrogens with one attached hydrogen (secondary N) is 3. The summed E-state index contributed by atoms with van der Waals surface area (Å²) in [5.41, 5.74) is 5.77. The van der Waals surface area contributed by atoms with Crippen LogP contribution in [0.5, 0.6) is 17.2 Å². The van der Waals surface area contributed by atoms with Gasteiger partial charge in [0, 0.05) is 21.3 Å². The first-order valence-corrected chi connectivity index (χ1v) is 14.7. The molecule has 234 valence electrons. The Hall–Kier alpha value is -5.06. The predicted molar refractivity (Wildman–Crippen MR) is 169 cm³/mol. The van der Waals surface area contributed by atoms with Gasteiger partial charge >= 0.3 is 12.0 Å². The van der Waals surface area contributed by atoms with Crippen LogP contribution in [-0.4, -0.2) is 49.9 Å². The Morgan fingerprint density at radius 3 is 2.67 bits per heavy atom. The maximum atomic E-state index is 12.5. The average Bonchev–Trinajstić information content (AvgIpc) is 3.03. The van der Waals surface area contributed by atoms with E-state index < -0.39 is 24.3 Å². The Morgan fingerprint density at radius 2 is 1.91 bits per heavy atom. The van der Waals surface area contributed by atoms with Gasteiger partial charge in [-0.25, -0.2) is 9.59 Å². The Balaban J connectivity index is 1.41. The van der Waals surface area contributed by atoms with Crippen LogP contribution in [0.4, 0.5) is 4.79 Å². The minimum atomic E-state index is -1.19. The average molecular weight is 679 g/mol. The number of hydrogen-bond donors (Lipinski definition) is 4. The summed E-state index contributed by atoms with van der Waals surface area (Å²) in [4.78, 5) is 24.6. The summed E-state index contributed by atoms with van der Waals surface area (Å²) in [5, 5.41) is 29.3. The van der Waals surface area contributed by atoms with Crippen molar-refractivity contribution in [1.82, 2.24) is 16.1 Å². The number of amides is 2. The van der Waals surface area contributed by atoms with Crippen molar-refractivity contribution >= 4 is 34.1 Å². The topological polar surface area (TPSA) is 164 Å². The third-order valence-electron chi connectivity index (χ3n) is 6.59. The van der Waals surface area contributed by atoms with E-state index in [0.717, 1.165) is 10.0 Å². The van der Waals surface area contributed by atoms with Gasteiger partial charge in [-0.05, 0) is 55.8 Å². The molecule has 4 N–H and O–H groups in total. The molecular weight excluding hydrogens is 646 g/mol. The Kier molecular flexibility index (Phi) is 11.4. The number of aliphatic hydroxyl groups excluding tert-OH is 1. The molecule has 0 saturated heterocycles. The number of esters is 1. The lowest BCUT2D eigenvalue weighted by Gasteiger charge is -2.28. The number of urea groups is 1. The molecule has 0 aromatic heterocycles. The van der Waals surface area contributed by atoms with Crippen molar-refractivity contribution < 1.29 is 33.6 Å². The SMILES string of the molecule is CCOc1cc([C@H]2NC(=O)NC(C)=C2C(=O)OC)ccc1OC[C@H](O)N/N=C/c1cc(Br)ccc1OCc1ccccc1C#N. The Bertz CT molecular complexity index is 1650. The monoisotopic (exact) mass is 677 g/mol. The Labute approximate surface area is 268 Å². The number of nitrogens with zero attached hydrogens (tertiary/aromatic N) is 2. The van der Waals surface area contributed by atoms with Crippen LogP contribution in [0.2, 0.25) is 0 Å². The lowest BCUT2D eigenvalue weighted by molar-refractivity contribution is -0.136. The van der Waals surface area contributed by atoms with Crippen LogP contribution >= 0.6 is 15.9 Å². The molecule has 1 heterocycles. The standard InChI is InChI=1S/C32H32BrN5O7/c1-4-43-27-14-20(30-29(31(40)42-3)19(2)36-32(41)37-30)9-11-26(27)45-18-28(39)38-35-16-23-13-24(33)10-12-25(23)44-17-22-8-6-5-7-21(22)15-34/h5-14,16,28,30,38-39H,4,17-18H2,1-3H3,(H2,36,37,41)/b35-16+/t28-,30+/m0/s1. The maximum Gasteiger partial charge on any atom is 0.337 e. The number of rotatable bonds is 13. The van der Waals surface area contributed by atoms with Gasteiger partial charge in [-0.1, -0.05) is 40.2 Å². The lowest BCUT2D eigenvalue weighted by Crippen LogP contribution is -2.45. The summed E-state index contributed by atoms with van der Waals surface area (Å²) in [6.45, 7) is 3.76. The van der Waals surface area contributed by atoms with Crippen LogP contribution in [0.3, 0.4) is 0 Å². The Morgan fingerprint density at radius 1 is 1.13 bits per heavy atom. The fourth-order valence-corrected chi connectivity index (χ4v) is 4.86. The van der Waals surface area contributed by atoms with Gasteiger partial charge in [0.25, 0.3) is 0 Å². The number of nitriles is 1. The number of ether oxygens (including phenoxy) is 4. The number of allylic oxidation sites excluding steroid dienone is 1.